The fourth-order valence-electron chi connectivity index (χ4n) is 2.55. The zero-order valence-corrected chi connectivity index (χ0v) is 14.2. The number of aromatic nitrogens is 4. The van der Waals surface area contributed by atoms with Gasteiger partial charge in [0.15, 0.2) is 5.03 Å². The molecule has 23 heavy (non-hydrogen) atoms. The van der Waals surface area contributed by atoms with Crippen LogP contribution in [-0.4, -0.2) is 45.6 Å². The third kappa shape index (κ3) is 2.87. The molecule has 0 bridgehead atoms. The SMILES string of the molecule is Cc1cc(S(=O)(=O)N(C)CCn2cnc3ccccc32)n(C)n1. The molecule has 3 rings (SSSR count). The number of rotatable bonds is 5. The third-order valence-electron chi connectivity index (χ3n) is 3.82. The maximum absolute atomic E-state index is 12.6. The van der Waals surface area contributed by atoms with Crippen molar-refractivity contribution < 1.29 is 8.42 Å². The van der Waals surface area contributed by atoms with E-state index in [0.717, 1.165) is 11.0 Å². The van der Waals surface area contributed by atoms with Crippen LogP contribution in [0.1, 0.15) is 5.69 Å². The Balaban J connectivity index is 1.79. The second-order valence-electron chi connectivity index (χ2n) is 5.50. The van der Waals surface area contributed by atoms with Crippen molar-refractivity contribution in [2.75, 3.05) is 13.6 Å². The summed E-state index contributed by atoms with van der Waals surface area (Å²) in [6.07, 6.45) is 1.74. The second kappa shape index (κ2) is 5.78. The molecule has 0 amide bonds. The molecule has 1 aromatic carbocycles. The molecule has 0 atom stereocenters. The molecule has 8 heteroatoms. The maximum atomic E-state index is 12.6. The molecule has 0 saturated carbocycles. The van der Waals surface area contributed by atoms with Crippen molar-refractivity contribution in [1.29, 1.82) is 0 Å². The first-order chi connectivity index (χ1) is 10.9. The number of sulfonamides is 1. The number of aryl methyl sites for hydroxylation is 2. The van der Waals surface area contributed by atoms with Crippen LogP contribution in [0.2, 0.25) is 0 Å². The maximum Gasteiger partial charge on any atom is 0.260 e. The molecule has 0 aliphatic heterocycles. The Hall–Kier alpha value is -2.19. The van der Waals surface area contributed by atoms with Crippen molar-refractivity contribution >= 4 is 21.1 Å². The summed E-state index contributed by atoms with van der Waals surface area (Å²) in [5.74, 6) is 0. The lowest BCUT2D eigenvalue weighted by molar-refractivity contribution is 0.441. The minimum absolute atomic E-state index is 0.202. The molecule has 0 fully saturated rings. The molecule has 3 aromatic rings. The average Bonchev–Trinajstić information content (AvgIpc) is 3.08. The van der Waals surface area contributed by atoms with Gasteiger partial charge in [-0.15, -0.1) is 0 Å². The Morgan fingerprint density at radius 3 is 2.70 bits per heavy atom. The molecule has 2 aromatic heterocycles. The Kier molecular flexibility index (Phi) is 3.95. The predicted molar refractivity (Wildman–Crippen MR) is 87.5 cm³/mol. The highest BCUT2D eigenvalue weighted by Gasteiger charge is 2.24. The van der Waals surface area contributed by atoms with Crippen molar-refractivity contribution in [3.8, 4) is 0 Å². The largest absolute Gasteiger partial charge is 0.329 e. The Morgan fingerprint density at radius 1 is 1.26 bits per heavy atom. The van der Waals surface area contributed by atoms with Crippen LogP contribution in [0.4, 0.5) is 0 Å². The van der Waals surface area contributed by atoms with Gasteiger partial charge in [0.2, 0.25) is 0 Å². The van der Waals surface area contributed by atoms with Gasteiger partial charge in [0.05, 0.1) is 23.1 Å². The lowest BCUT2D eigenvalue weighted by atomic mass is 10.3. The van der Waals surface area contributed by atoms with E-state index in [-0.39, 0.29) is 5.03 Å². The number of hydrogen-bond donors (Lipinski definition) is 0. The highest BCUT2D eigenvalue weighted by molar-refractivity contribution is 7.89. The van der Waals surface area contributed by atoms with Crippen LogP contribution in [0.3, 0.4) is 0 Å². The minimum atomic E-state index is -3.56. The van der Waals surface area contributed by atoms with Crippen molar-refractivity contribution in [3.05, 3.63) is 42.4 Å². The zero-order valence-electron chi connectivity index (χ0n) is 13.3. The fraction of sp³-hybridized carbons (Fsp3) is 0.333. The van der Waals surface area contributed by atoms with E-state index in [9.17, 15) is 8.42 Å². The van der Waals surface area contributed by atoms with E-state index in [4.69, 9.17) is 0 Å². The number of imidazole rings is 1. The van der Waals surface area contributed by atoms with Crippen LogP contribution >= 0.6 is 0 Å². The van der Waals surface area contributed by atoms with E-state index < -0.39 is 10.0 Å². The molecule has 122 valence electrons. The van der Waals surface area contributed by atoms with Crippen molar-refractivity contribution in [2.45, 2.75) is 18.5 Å². The molecule has 0 spiro atoms. The summed E-state index contributed by atoms with van der Waals surface area (Å²) in [4.78, 5) is 4.32. The first kappa shape index (κ1) is 15.7. The summed E-state index contributed by atoms with van der Waals surface area (Å²) in [5, 5.41) is 4.31. The van der Waals surface area contributed by atoms with Gasteiger partial charge in [-0.25, -0.2) is 13.4 Å². The van der Waals surface area contributed by atoms with E-state index in [1.54, 1.807) is 33.4 Å². The summed E-state index contributed by atoms with van der Waals surface area (Å²) in [6.45, 7) is 2.66. The van der Waals surface area contributed by atoms with Crippen LogP contribution in [0.5, 0.6) is 0 Å². The average molecular weight is 333 g/mol. The Bertz CT molecular complexity index is 942. The highest BCUT2D eigenvalue weighted by Crippen LogP contribution is 2.16. The molecule has 0 N–H and O–H groups in total. The van der Waals surface area contributed by atoms with Crippen LogP contribution in [0, 0.1) is 6.92 Å². The van der Waals surface area contributed by atoms with E-state index >= 15 is 0 Å². The van der Waals surface area contributed by atoms with Crippen LogP contribution in [0.15, 0.2) is 41.7 Å². The number of benzene rings is 1. The molecule has 7 nitrogen and oxygen atoms in total. The van der Waals surface area contributed by atoms with Gasteiger partial charge in [-0.3, -0.25) is 4.68 Å². The Labute approximate surface area is 135 Å². The summed E-state index contributed by atoms with van der Waals surface area (Å²) >= 11 is 0. The van der Waals surface area contributed by atoms with Crippen LogP contribution < -0.4 is 0 Å². The molecular weight excluding hydrogens is 314 g/mol. The standard InChI is InChI=1S/C15H19N5O2S/c1-12-10-15(19(3)17-12)23(21,22)18(2)8-9-20-11-16-13-6-4-5-7-14(13)20/h4-7,10-11H,8-9H2,1-3H3. The molecule has 0 radical (unpaired) electrons. The molecule has 0 unspecified atom stereocenters. The molecule has 2 heterocycles. The van der Waals surface area contributed by atoms with Gasteiger partial charge in [0.1, 0.15) is 0 Å². The second-order valence-corrected chi connectivity index (χ2v) is 7.49. The van der Waals surface area contributed by atoms with Crippen molar-refractivity contribution in [2.24, 2.45) is 7.05 Å². The van der Waals surface area contributed by atoms with Crippen molar-refractivity contribution in [1.82, 2.24) is 23.6 Å². The molecular formula is C15H19N5O2S. The number of para-hydroxylation sites is 2. The lowest BCUT2D eigenvalue weighted by Gasteiger charge is -2.17. The lowest BCUT2D eigenvalue weighted by Crippen LogP contribution is -2.31. The van der Waals surface area contributed by atoms with Crippen molar-refractivity contribution in [3.63, 3.8) is 0 Å². The smallest absolute Gasteiger partial charge is 0.260 e. The number of nitrogens with zero attached hydrogens (tertiary/aromatic N) is 5. The van der Waals surface area contributed by atoms with E-state index in [1.165, 1.54) is 8.99 Å². The van der Waals surface area contributed by atoms with Gasteiger partial charge in [-0.05, 0) is 25.1 Å². The van der Waals surface area contributed by atoms with Gasteiger partial charge in [-0.2, -0.15) is 9.40 Å². The van der Waals surface area contributed by atoms with Gasteiger partial charge < -0.3 is 4.57 Å². The topological polar surface area (TPSA) is 73.0 Å². The van der Waals surface area contributed by atoms with E-state index in [0.29, 0.717) is 18.8 Å². The summed E-state index contributed by atoms with van der Waals surface area (Å²) in [5.41, 5.74) is 2.58. The highest BCUT2D eigenvalue weighted by atomic mass is 32.2. The predicted octanol–water partition coefficient (Wildman–Crippen LogP) is 1.40. The van der Waals surface area contributed by atoms with Gasteiger partial charge >= 0.3 is 0 Å². The number of hydrogen-bond acceptors (Lipinski definition) is 4. The normalized spacial score (nSPS) is 12.3. The summed E-state index contributed by atoms with van der Waals surface area (Å²) in [6, 6.07) is 9.37. The summed E-state index contributed by atoms with van der Waals surface area (Å²) in [7, 11) is -0.339. The number of fused-ring (bicyclic) bond motifs is 1. The monoisotopic (exact) mass is 333 g/mol. The fourth-order valence-corrected chi connectivity index (χ4v) is 3.88. The van der Waals surface area contributed by atoms with Gasteiger partial charge in [-0.1, -0.05) is 12.1 Å². The minimum Gasteiger partial charge on any atom is -0.329 e. The third-order valence-corrected chi connectivity index (χ3v) is 5.73. The van der Waals surface area contributed by atoms with Gasteiger partial charge in [0.25, 0.3) is 10.0 Å². The van der Waals surface area contributed by atoms with E-state index in [1.807, 2.05) is 28.8 Å². The van der Waals surface area contributed by atoms with Crippen LogP contribution in [0.25, 0.3) is 11.0 Å². The zero-order chi connectivity index (χ0) is 16.6. The van der Waals surface area contributed by atoms with Crippen LogP contribution in [-0.2, 0) is 23.6 Å². The summed E-state index contributed by atoms with van der Waals surface area (Å²) < 4.78 is 30.0. The number of likely N-dealkylation sites (N-methyl/N-ethyl adjacent to an activating group) is 1. The van der Waals surface area contributed by atoms with Gasteiger partial charge in [0, 0.05) is 27.2 Å². The molecule has 0 aliphatic carbocycles. The quantitative estimate of drug-likeness (QED) is 0.707. The first-order valence-corrected chi connectivity index (χ1v) is 8.70. The molecule has 0 saturated heterocycles. The van der Waals surface area contributed by atoms with E-state index in [2.05, 4.69) is 10.1 Å². The first-order valence-electron chi connectivity index (χ1n) is 7.26. The Morgan fingerprint density at radius 2 is 2.00 bits per heavy atom. The molecule has 0 aliphatic rings.